The summed E-state index contributed by atoms with van der Waals surface area (Å²) < 4.78 is 7.67. The van der Waals surface area contributed by atoms with Gasteiger partial charge in [0.25, 0.3) is 5.91 Å². The smallest absolute Gasteiger partial charge is 0.251 e. The monoisotopic (exact) mass is 374 g/mol. The zero-order valence-corrected chi connectivity index (χ0v) is 15.7. The Morgan fingerprint density at radius 2 is 2.04 bits per heavy atom. The topological polar surface area (TPSA) is 73.0 Å². The molecule has 0 aliphatic heterocycles. The lowest BCUT2D eigenvalue weighted by molar-refractivity contribution is 0.0937. The van der Waals surface area contributed by atoms with Gasteiger partial charge in [0, 0.05) is 37.0 Å². The molecule has 1 atom stereocenters. The van der Waals surface area contributed by atoms with Gasteiger partial charge >= 0.3 is 0 Å². The van der Waals surface area contributed by atoms with Crippen LogP contribution in [0, 0.1) is 0 Å². The maximum Gasteiger partial charge on any atom is 0.251 e. The van der Waals surface area contributed by atoms with Crippen molar-refractivity contribution < 1.29 is 9.21 Å². The number of nitrogens with one attached hydrogen (secondary N) is 1. The van der Waals surface area contributed by atoms with Crippen molar-refractivity contribution in [2.24, 2.45) is 0 Å². The molecule has 2 aromatic heterocycles. The lowest BCUT2D eigenvalue weighted by Gasteiger charge is -2.13. The second-order valence-corrected chi connectivity index (χ2v) is 6.88. The number of rotatable bonds is 7. The Morgan fingerprint density at radius 3 is 2.82 bits per heavy atom. The number of oxazole rings is 1. The molecule has 1 amide bonds. The van der Waals surface area contributed by atoms with Gasteiger partial charge in [0.1, 0.15) is 5.52 Å². The Balaban J connectivity index is 1.41. The van der Waals surface area contributed by atoms with Crippen LogP contribution in [0.5, 0.6) is 0 Å². The summed E-state index contributed by atoms with van der Waals surface area (Å²) in [5, 5.41) is 7.21. The molecule has 4 aromatic rings. The van der Waals surface area contributed by atoms with Crippen LogP contribution in [-0.4, -0.2) is 26.7 Å². The molecule has 2 aromatic carbocycles. The number of carbonyl (C=O) groups excluding carboxylic acids is 1. The molecule has 1 N–H and O–H groups in total. The minimum Gasteiger partial charge on any atom is -0.440 e. The third-order valence-electron chi connectivity index (χ3n) is 4.62. The van der Waals surface area contributed by atoms with E-state index in [4.69, 9.17) is 4.42 Å². The van der Waals surface area contributed by atoms with E-state index in [1.54, 1.807) is 24.4 Å². The van der Waals surface area contributed by atoms with E-state index in [0.717, 1.165) is 18.5 Å². The van der Waals surface area contributed by atoms with Crippen molar-refractivity contribution in [3.8, 4) is 0 Å². The van der Waals surface area contributed by atoms with Crippen LogP contribution < -0.4 is 5.32 Å². The fraction of sp³-hybridized carbons (Fsp3) is 0.227. The third kappa shape index (κ3) is 4.28. The second kappa shape index (κ2) is 8.08. The standard InChI is InChI=1S/C22H22N4O2/c1-16(10-13-26-12-5-11-23-26)24-22(27)18-8-9-20-19(15-18)25-21(28-20)14-17-6-3-2-4-7-17/h2-9,11-12,15-16H,10,13-14H2,1H3,(H,24,27)/t16-/m0/s1. The summed E-state index contributed by atoms with van der Waals surface area (Å²) in [6.07, 6.45) is 5.10. The predicted molar refractivity (Wildman–Crippen MR) is 107 cm³/mol. The summed E-state index contributed by atoms with van der Waals surface area (Å²) in [5.74, 6) is 0.536. The summed E-state index contributed by atoms with van der Waals surface area (Å²) in [6.45, 7) is 2.76. The highest BCUT2D eigenvalue weighted by atomic mass is 16.3. The Bertz CT molecular complexity index is 1050. The van der Waals surface area contributed by atoms with E-state index in [1.165, 1.54) is 0 Å². The molecule has 0 fully saturated rings. The molecule has 0 bridgehead atoms. The molecule has 0 saturated carbocycles. The zero-order valence-electron chi connectivity index (χ0n) is 15.7. The van der Waals surface area contributed by atoms with Crippen molar-refractivity contribution in [3.05, 3.63) is 84.0 Å². The summed E-state index contributed by atoms with van der Waals surface area (Å²) in [5.41, 5.74) is 3.10. The van der Waals surface area contributed by atoms with Gasteiger partial charge in [-0.1, -0.05) is 30.3 Å². The van der Waals surface area contributed by atoms with Crippen LogP contribution in [0.1, 0.15) is 35.2 Å². The SMILES string of the molecule is C[C@@H](CCn1cccn1)NC(=O)c1ccc2oc(Cc3ccccc3)nc2c1. The number of hydrogen-bond acceptors (Lipinski definition) is 4. The number of nitrogens with zero attached hydrogens (tertiary/aromatic N) is 3. The van der Waals surface area contributed by atoms with Crippen LogP contribution in [0.4, 0.5) is 0 Å². The Labute approximate surface area is 163 Å². The van der Waals surface area contributed by atoms with Gasteiger partial charge in [0.15, 0.2) is 11.5 Å². The lowest BCUT2D eigenvalue weighted by atomic mass is 10.1. The Hall–Kier alpha value is -3.41. The van der Waals surface area contributed by atoms with Crippen LogP contribution in [0.2, 0.25) is 0 Å². The number of carbonyl (C=O) groups is 1. The van der Waals surface area contributed by atoms with Crippen LogP contribution in [0.15, 0.2) is 71.4 Å². The molecule has 6 nitrogen and oxygen atoms in total. The van der Waals surface area contributed by atoms with E-state index in [9.17, 15) is 4.79 Å². The van der Waals surface area contributed by atoms with Gasteiger partial charge in [-0.05, 0) is 43.2 Å². The molecule has 0 unspecified atom stereocenters. The predicted octanol–water partition coefficient (Wildman–Crippen LogP) is 3.82. The minimum absolute atomic E-state index is 0.0401. The van der Waals surface area contributed by atoms with E-state index in [0.29, 0.717) is 29.0 Å². The summed E-state index contributed by atoms with van der Waals surface area (Å²) in [7, 11) is 0. The third-order valence-corrected chi connectivity index (χ3v) is 4.62. The first-order valence-corrected chi connectivity index (χ1v) is 9.39. The molecule has 0 aliphatic carbocycles. The van der Waals surface area contributed by atoms with E-state index in [1.807, 2.05) is 54.2 Å². The first-order chi connectivity index (χ1) is 13.7. The number of hydrogen-bond donors (Lipinski definition) is 1. The second-order valence-electron chi connectivity index (χ2n) is 6.88. The maximum absolute atomic E-state index is 12.6. The van der Waals surface area contributed by atoms with Crippen molar-refractivity contribution in [1.29, 1.82) is 0 Å². The quantitative estimate of drug-likeness (QED) is 0.534. The van der Waals surface area contributed by atoms with Crippen LogP contribution in [0.25, 0.3) is 11.1 Å². The first kappa shape index (κ1) is 18.0. The van der Waals surface area contributed by atoms with Gasteiger partial charge in [-0.25, -0.2) is 4.98 Å². The number of benzene rings is 2. The molecular formula is C22H22N4O2. The van der Waals surface area contributed by atoms with Crippen LogP contribution in [0.3, 0.4) is 0 Å². The highest BCUT2D eigenvalue weighted by Crippen LogP contribution is 2.19. The molecule has 2 heterocycles. The van der Waals surface area contributed by atoms with Crippen molar-refractivity contribution in [1.82, 2.24) is 20.1 Å². The van der Waals surface area contributed by atoms with E-state index in [2.05, 4.69) is 15.4 Å². The molecule has 142 valence electrons. The molecule has 6 heteroatoms. The van der Waals surface area contributed by atoms with Crippen LogP contribution >= 0.6 is 0 Å². The molecular weight excluding hydrogens is 352 g/mol. The molecule has 0 aliphatic rings. The van der Waals surface area contributed by atoms with Gasteiger partial charge in [0.2, 0.25) is 0 Å². The van der Waals surface area contributed by atoms with Crippen molar-refractivity contribution in [2.45, 2.75) is 32.4 Å². The highest BCUT2D eigenvalue weighted by Gasteiger charge is 2.13. The average molecular weight is 374 g/mol. The van der Waals surface area contributed by atoms with E-state index >= 15 is 0 Å². The van der Waals surface area contributed by atoms with Gasteiger partial charge in [0.05, 0.1) is 0 Å². The van der Waals surface area contributed by atoms with Gasteiger partial charge in [-0.15, -0.1) is 0 Å². The van der Waals surface area contributed by atoms with Gasteiger partial charge < -0.3 is 9.73 Å². The number of fused-ring (bicyclic) bond motifs is 1. The average Bonchev–Trinajstić information content (AvgIpc) is 3.35. The molecule has 4 rings (SSSR count). The summed E-state index contributed by atoms with van der Waals surface area (Å²) in [4.78, 5) is 17.1. The van der Waals surface area contributed by atoms with Crippen molar-refractivity contribution in [3.63, 3.8) is 0 Å². The summed E-state index contributed by atoms with van der Waals surface area (Å²) in [6, 6.07) is 17.3. The summed E-state index contributed by atoms with van der Waals surface area (Å²) >= 11 is 0. The molecule has 28 heavy (non-hydrogen) atoms. The largest absolute Gasteiger partial charge is 0.440 e. The normalized spacial score (nSPS) is 12.2. The number of amides is 1. The molecule has 0 spiro atoms. The Morgan fingerprint density at radius 1 is 1.18 bits per heavy atom. The molecule has 0 saturated heterocycles. The van der Waals surface area contributed by atoms with E-state index < -0.39 is 0 Å². The zero-order chi connectivity index (χ0) is 19.3. The van der Waals surface area contributed by atoms with Gasteiger partial charge in [-0.2, -0.15) is 5.10 Å². The highest BCUT2D eigenvalue weighted by molar-refractivity contribution is 5.97. The Kier molecular flexibility index (Phi) is 5.19. The van der Waals surface area contributed by atoms with E-state index in [-0.39, 0.29) is 11.9 Å². The number of aromatic nitrogens is 3. The van der Waals surface area contributed by atoms with Crippen molar-refractivity contribution in [2.75, 3.05) is 0 Å². The van der Waals surface area contributed by atoms with Crippen molar-refractivity contribution >= 4 is 17.0 Å². The van der Waals surface area contributed by atoms with Crippen LogP contribution in [-0.2, 0) is 13.0 Å². The fourth-order valence-electron chi connectivity index (χ4n) is 3.10. The lowest BCUT2D eigenvalue weighted by Crippen LogP contribution is -2.33. The molecule has 0 radical (unpaired) electrons. The fourth-order valence-corrected chi connectivity index (χ4v) is 3.10. The number of aryl methyl sites for hydroxylation is 1. The maximum atomic E-state index is 12.6. The first-order valence-electron chi connectivity index (χ1n) is 9.39. The van der Waals surface area contributed by atoms with Gasteiger partial charge in [-0.3, -0.25) is 9.48 Å². The minimum atomic E-state index is -0.109.